The van der Waals surface area contributed by atoms with E-state index in [1.54, 1.807) is 54.3 Å². The smallest absolute Gasteiger partial charge is 0.411 e. The highest BCUT2D eigenvalue weighted by atomic mass is 32.2. The van der Waals surface area contributed by atoms with Crippen molar-refractivity contribution in [2.45, 2.75) is 36.8 Å². The average molecular weight is 680 g/mol. The molecule has 3 heterocycles. The zero-order valence-corrected chi connectivity index (χ0v) is 28.6. The number of piperidine rings is 1. The lowest BCUT2D eigenvalue weighted by molar-refractivity contribution is -0.132. The molecular formula is C35H43N4O8S+. The highest BCUT2D eigenvalue weighted by Crippen LogP contribution is 2.56. The van der Waals surface area contributed by atoms with Gasteiger partial charge in [0.05, 0.1) is 26.4 Å². The summed E-state index contributed by atoms with van der Waals surface area (Å²) in [7, 11) is 0.470. The molecule has 0 saturated carbocycles. The van der Waals surface area contributed by atoms with Gasteiger partial charge in [0.2, 0.25) is 5.69 Å². The van der Waals surface area contributed by atoms with Gasteiger partial charge in [0.1, 0.15) is 16.4 Å². The Morgan fingerprint density at radius 3 is 2.15 bits per heavy atom. The first-order valence-corrected chi connectivity index (χ1v) is 17.7. The summed E-state index contributed by atoms with van der Waals surface area (Å²) < 4.78 is 51.5. The third kappa shape index (κ3) is 5.78. The van der Waals surface area contributed by atoms with E-state index in [1.807, 2.05) is 0 Å². The van der Waals surface area contributed by atoms with Gasteiger partial charge in [-0.05, 0) is 82.4 Å². The van der Waals surface area contributed by atoms with Gasteiger partial charge in [0.15, 0.2) is 11.4 Å². The van der Waals surface area contributed by atoms with Gasteiger partial charge in [-0.25, -0.2) is 9.59 Å². The molecule has 2 saturated heterocycles. The second-order valence-corrected chi connectivity index (χ2v) is 14.2. The number of piperazine rings is 1. The largest absolute Gasteiger partial charge is 0.497 e. The first-order chi connectivity index (χ1) is 23.1. The highest BCUT2D eigenvalue weighted by molar-refractivity contribution is 7.92. The van der Waals surface area contributed by atoms with E-state index in [-0.39, 0.29) is 34.2 Å². The minimum Gasteiger partial charge on any atom is -0.497 e. The maximum Gasteiger partial charge on any atom is 0.411 e. The molecule has 48 heavy (non-hydrogen) atoms. The number of hydrogen-bond acceptors (Lipinski definition) is 10. The Morgan fingerprint density at radius 2 is 1.50 bits per heavy atom. The van der Waals surface area contributed by atoms with E-state index in [4.69, 9.17) is 18.9 Å². The van der Waals surface area contributed by atoms with Crippen molar-refractivity contribution in [3.8, 4) is 17.2 Å². The van der Waals surface area contributed by atoms with Crippen LogP contribution in [-0.4, -0.2) is 108 Å². The van der Waals surface area contributed by atoms with Crippen LogP contribution in [0.3, 0.4) is 0 Å². The molecule has 3 aromatic carbocycles. The number of methoxy groups -OCH3 is 2. The molecular weight excluding hydrogens is 636 g/mol. The van der Waals surface area contributed by atoms with Crippen LogP contribution in [0.4, 0.5) is 16.2 Å². The summed E-state index contributed by atoms with van der Waals surface area (Å²) in [5.41, 5.74) is 0.423. The van der Waals surface area contributed by atoms with Gasteiger partial charge in [0.25, 0.3) is 6.10 Å². The first kappa shape index (κ1) is 33.7. The van der Waals surface area contributed by atoms with Crippen LogP contribution in [0.1, 0.15) is 31.4 Å². The van der Waals surface area contributed by atoms with Gasteiger partial charge in [0, 0.05) is 44.4 Å². The fourth-order valence-electron chi connectivity index (χ4n) is 7.02. The van der Waals surface area contributed by atoms with Gasteiger partial charge in [-0.1, -0.05) is 16.0 Å². The number of benzene rings is 3. The maximum absolute atomic E-state index is 15.1. The molecule has 0 spiro atoms. The Hall–Kier alpha value is -4.17. The second-order valence-electron chi connectivity index (χ2n) is 12.2. The quantitative estimate of drug-likeness (QED) is 0.298. The first-order valence-electron chi connectivity index (χ1n) is 16.3. The lowest BCUT2D eigenvalue weighted by atomic mass is 10.0. The Balaban J connectivity index is 1.40. The Morgan fingerprint density at radius 1 is 0.854 bits per heavy atom. The van der Waals surface area contributed by atoms with Crippen molar-refractivity contribution < 1.29 is 37.0 Å². The molecule has 0 bridgehead atoms. The van der Waals surface area contributed by atoms with Crippen molar-refractivity contribution in [3.05, 3.63) is 72.3 Å². The number of fused-ring (bicyclic) bond motifs is 1. The third-order valence-electron chi connectivity index (χ3n) is 9.61. The number of carbonyl (C=O) groups is 2. The van der Waals surface area contributed by atoms with Crippen LogP contribution in [0.5, 0.6) is 17.2 Å². The van der Waals surface area contributed by atoms with Crippen LogP contribution < -0.4 is 18.1 Å². The monoisotopic (exact) mass is 679 g/mol. The number of amides is 2. The van der Waals surface area contributed by atoms with Crippen LogP contribution in [0, 0.1) is 0 Å². The van der Waals surface area contributed by atoms with Crippen LogP contribution in [0.2, 0.25) is 0 Å². The molecule has 2 unspecified atom stereocenters. The van der Waals surface area contributed by atoms with E-state index in [0.717, 1.165) is 25.9 Å². The van der Waals surface area contributed by atoms with Crippen molar-refractivity contribution >= 4 is 33.4 Å². The Labute approximate surface area is 282 Å². The third-order valence-corrected chi connectivity index (χ3v) is 11.8. The summed E-state index contributed by atoms with van der Waals surface area (Å²) in [5.74, 6) is 0.189. The predicted molar refractivity (Wildman–Crippen MR) is 180 cm³/mol. The number of ether oxygens (including phenoxy) is 4. The molecule has 6 rings (SSSR count). The summed E-state index contributed by atoms with van der Waals surface area (Å²) in [6.07, 6.45) is -0.0494. The minimum atomic E-state index is -4.62. The number of para-hydroxylation sites is 2. The molecule has 256 valence electrons. The van der Waals surface area contributed by atoms with Gasteiger partial charge in [-0.3, -0.25) is 4.90 Å². The van der Waals surface area contributed by atoms with Crippen molar-refractivity contribution in [2.24, 2.45) is 0 Å². The molecule has 3 aromatic rings. The standard InChI is InChI=1S/C35H43N4O8S/c1-5-46-32-9-7-6-8-31(32)39(48(42,43)28-13-10-26(44-3)11-14-28)30-15-12-27(45-4)24-29(30)33(34(39)40)47-35(41)38-22-20-37(21-23-38)25-16-18-36(2)19-17-25/h6-15,24-25,33H,5,16-23H2,1-4H3/q+1. The topological polar surface area (TPSA) is 115 Å². The summed E-state index contributed by atoms with van der Waals surface area (Å²) in [6, 6.07) is 17.6. The van der Waals surface area contributed by atoms with Gasteiger partial charge in [-0.2, -0.15) is 8.42 Å². The van der Waals surface area contributed by atoms with E-state index in [2.05, 4.69) is 16.8 Å². The van der Waals surface area contributed by atoms with E-state index in [9.17, 15) is 4.79 Å². The van der Waals surface area contributed by atoms with Crippen LogP contribution >= 0.6 is 0 Å². The lowest BCUT2D eigenvalue weighted by Crippen LogP contribution is -2.55. The predicted octanol–water partition coefficient (Wildman–Crippen LogP) is 4.56. The fourth-order valence-corrected chi connectivity index (χ4v) is 8.98. The SMILES string of the molecule is CCOc1ccccc1[N+]1(S(=O)(=O)c2ccc(OC)cc2)C(=O)C(OC(=O)N2CCN(C3CCN(C)CC3)CC2)c2cc(OC)ccc21. The number of quaternary nitrogens is 1. The molecule has 3 aliphatic rings. The van der Waals surface area contributed by atoms with Crippen molar-refractivity contribution in [1.82, 2.24) is 18.6 Å². The molecule has 2 amide bonds. The number of hydrogen-bond donors (Lipinski definition) is 0. The molecule has 13 heteroatoms. The summed E-state index contributed by atoms with van der Waals surface area (Å²) in [5, 5.41) is 0. The zero-order chi connectivity index (χ0) is 34.1. The van der Waals surface area contributed by atoms with Crippen LogP contribution in [0.25, 0.3) is 0 Å². The molecule has 3 aliphatic heterocycles. The zero-order valence-electron chi connectivity index (χ0n) is 27.8. The Bertz CT molecular complexity index is 1750. The number of rotatable bonds is 9. The molecule has 0 radical (unpaired) electrons. The number of likely N-dealkylation sites (tertiary alicyclic amines) is 1. The second kappa shape index (κ2) is 13.7. The van der Waals surface area contributed by atoms with Gasteiger partial charge < -0.3 is 28.7 Å². The summed E-state index contributed by atoms with van der Waals surface area (Å²) >= 11 is 0. The average Bonchev–Trinajstić information content (AvgIpc) is 3.36. The number of carbonyl (C=O) groups excluding carboxylic acids is 2. The number of sulfonamides is 1. The van der Waals surface area contributed by atoms with Crippen molar-refractivity contribution in [1.29, 1.82) is 0 Å². The van der Waals surface area contributed by atoms with E-state index in [1.165, 1.54) is 38.5 Å². The maximum atomic E-state index is 15.1. The summed E-state index contributed by atoms with van der Waals surface area (Å²) in [4.78, 5) is 35.1. The lowest BCUT2D eigenvalue weighted by Gasteiger charge is -2.41. The van der Waals surface area contributed by atoms with Gasteiger partial charge in [-0.15, -0.1) is 0 Å². The van der Waals surface area contributed by atoms with Gasteiger partial charge >= 0.3 is 22.0 Å². The molecule has 2 atom stereocenters. The van der Waals surface area contributed by atoms with Crippen molar-refractivity contribution in [3.63, 3.8) is 0 Å². The normalized spacial score (nSPS) is 22.3. The molecule has 0 aromatic heterocycles. The van der Waals surface area contributed by atoms with E-state index >= 15 is 13.2 Å². The van der Waals surface area contributed by atoms with Crippen LogP contribution in [-0.2, 0) is 19.6 Å². The number of nitrogens with zero attached hydrogens (tertiary/aromatic N) is 4. The van der Waals surface area contributed by atoms with E-state index in [0.29, 0.717) is 43.7 Å². The van der Waals surface area contributed by atoms with Crippen molar-refractivity contribution in [2.75, 3.05) is 67.1 Å². The molecule has 0 aliphatic carbocycles. The summed E-state index contributed by atoms with van der Waals surface area (Å²) in [6.45, 7) is 6.37. The minimum absolute atomic E-state index is 0.0804. The highest BCUT2D eigenvalue weighted by Gasteiger charge is 2.66. The van der Waals surface area contributed by atoms with Crippen LogP contribution in [0.15, 0.2) is 71.6 Å². The molecule has 2 fully saturated rings. The van der Waals surface area contributed by atoms with E-state index < -0.39 is 32.0 Å². The molecule has 12 nitrogen and oxygen atoms in total. The Kier molecular flexibility index (Phi) is 9.66. The fraction of sp³-hybridized carbons (Fsp3) is 0.429. The molecule has 0 N–H and O–H groups in total.